The SMILES string of the molecule is CN1CCN(c2ccc(Nc3ncc4c(C(=O)c5ccc(F)cc5)c[nH]c4n3)cc2)CC1. The predicted octanol–water partition coefficient (Wildman–Crippen LogP) is 3.82. The smallest absolute Gasteiger partial charge is 0.229 e. The van der Waals surface area contributed by atoms with Crippen molar-refractivity contribution in [1.82, 2.24) is 19.9 Å². The number of benzene rings is 2. The fraction of sp³-hybridized carbons (Fsp3) is 0.208. The van der Waals surface area contributed by atoms with Crippen molar-refractivity contribution in [1.29, 1.82) is 0 Å². The van der Waals surface area contributed by atoms with E-state index in [0.717, 1.165) is 31.9 Å². The van der Waals surface area contributed by atoms with E-state index in [2.05, 4.69) is 49.2 Å². The highest BCUT2D eigenvalue weighted by Crippen LogP contribution is 2.24. The molecule has 0 saturated carbocycles. The van der Waals surface area contributed by atoms with E-state index in [0.29, 0.717) is 28.1 Å². The minimum atomic E-state index is -0.379. The maximum absolute atomic E-state index is 13.2. The maximum atomic E-state index is 13.2. The van der Waals surface area contributed by atoms with Gasteiger partial charge in [-0.15, -0.1) is 0 Å². The lowest BCUT2D eigenvalue weighted by atomic mass is 10.0. The molecule has 0 atom stereocenters. The van der Waals surface area contributed by atoms with Gasteiger partial charge in [0.2, 0.25) is 5.95 Å². The number of aromatic amines is 1. The molecule has 2 aromatic carbocycles. The van der Waals surface area contributed by atoms with Crippen LogP contribution in [0.1, 0.15) is 15.9 Å². The number of nitrogens with zero attached hydrogens (tertiary/aromatic N) is 4. The molecule has 4 aromatic rings. The minimum Gasteiger partial charge on any atom is -0.369 e. The van der Waals surface area contributed by atoms with Crippen LogP contribution in [0, 0.1) is 5.82 Å². The zero-order chi connectivity index (χ0) is 22.1. The Balaban J connectivity index is 1.31. The first-order valence-electron chi connectivity index (χ1n) is 10.5. The number of aromatic nitrogens is 3. The first-order valence-corrected chi connectivity index (χ1v) is 10.5. The zero-order valence-corrected chi connectivity index (χ0v) is 17.7. The molecule has 1 aliphatic rings. The topological polar surface area (TPSA) is 77.1 Å². The van der Waals surface area contributed by atoms with Gasteiger partial charge < -0.3 is 20.1 Å². The molecular formula is C24H23FN6O. The Bertz CT molecular complexity index is 1240. The lowest BCUT2D eigenvalue weighted by Gasteiger charge is -2.34. The molecule has 7 nitrogen and oxygen atoms in total. The van der Waals surface area contributed by atoms with E-state index in [9.17, 15) is 9.18 Å². The third-order valence-corrected chi connectivity index (χ3v) is 5.78. The highest BCUT2D eigenvalue weighted by Gasteiger charge is 2.17. The average molecular weight is 430 g/mol. The first-order chi connectivity index (χ1) is 15.6. The lowest BCUT2D eigenvalue weighted by Crippen LogP contribution is -2.44. The van der Waals surface area contributed by atoms with Gasteiger partial charge in [0.05, 0.1) is 5.56 Å². The van der Waals surface area contributed by atoms with E-state index in [-0.39, 0.29) is 11.6 Å². The fourth-order valence-corrected chi connectivity index (χ4v) is 3.86. The van der Waals surface area contributed by atoms with Gasteiger partial charge >= 0.3 is 0 Å². The number of hydrogen-bond acceptors (Lipinski definition) is 6. The van der Waals surface area contributed by atoms with Crippen molar-refractivity contribution in [3.63, 3.8) is 0 Å². The molecule has 0 radical (unpaired) electrons. The van der Waals surface area contributed by atoms with Crippen LogP contribution in [0.4, 0.5) is 21.7 Å². The van der Waals surface area contributed by atoms with Crippen molar-refractivity contribution in [2.24, 2.45) is 0 Å². The average Bonchev–Trinajstić information content (AvgIpc) is 3.23. The number of rotatable bonds is 5. The van der Waals surface area contributed by atoms with E-state index in [4.69, 9.17) is 0 Å². The van der Waals surface area contributed by atoms with Crippen molar-refractivity contribution in [3.8, 4) is 0 Å². The summed E-state index contributed by atoms with van der Waals surface area (Å²) in [5.74, 6) is -0.149. The molecule has 0 aliphatic carbocycles. The molecule has 1 fully saturated rings. The molecule has 2 N–H and O–H groups in total. The van der Waals surface area contributed by atoms with Gasteiger partial charge in [-0.05, 0) is 55.6 Å². The summed E-state index contributed by atoms with van der Waals surface area (Å²) in [7, 11) is 2.15. The van der Waals surface area contributed by atoms with E-state index < -0.39 is 0 Å². The molecule has 8 heteroatoms. The summed E-state index contributed by atoms with van der Waals surface area (Å²) in [5, 5.41) is 3.83. The normalized spacial score (nSPS) is 14.6. The number of fused-ring (bicyclic) bond motifs is 1. The van der Waals surface area contributed by atoms with E-state index in [1.807, 2.05) is 12.1 Å². The molecule has 162 valence electrons. The molecule has 1 saturated heterocycles. The molecular weight excluding hydrogens is 407 g/mol. The second kappa shape index (κ2) is 8.39. The molecule has 0 amide bonds. The standard InChI is InChI=1S/C24H23FN6O/c1-30-10-12-31(13-11-30)19-8-6-18(7-9-19)28-24-27-15-21-20(14-26-23(21)29-24)22(32)16-2-4-17(25)5-3-16/h2-9,14-15H,10-13H2,1H3,(H2,26,27,28,29). The van der Waals surface area contributed by atoms with E-state index >= 15 is 0 Å². The quantitative estimate of drug-likeness (QED) is 0.469. The first kappa shape index (κ1) is 20.1. The van der Waals surface area contributed by atoms with Gasteiger partial charge in [0, 0.05) is 60.9 Å². The molecule has 3 heterocycles. The number of anilines is 3. The van der Waals surface area contributed by atoms with Crippen LogP contribution in [0.5, 0.6) is 0 Å². The molecule has 32 heavy (non-hydrogen) atoms. The fourth-order valence-electron chi connectivity index (χ4n) is 3.86. The summed E-state index contributed by atoms with van der Waals surface area (Å²) in [4.78, 5) is 29.4. The number of carbonyl (C=O) groups excluding carboxylic acids is 1. The van der Waals surface area contributed by atoms with Crippen molar-refractivity contribution < 1.29 is 9.18 Å². The summed E-state index contributed by atoms with van der Waals surface area (Å²) in [5.41, 5.74) is 3.51. The highest BCUT2D eigenvalue weighted by atomic mass is 19.1. The predicted molar refractivity (Wildman–Crippen MR) is 123 cm³/mol. The summed E-state index contributed by atoms with van der Waals surface area (Å²) in [6.45, 7) is 4.18. The Kier molecular flexibility index (Phi) is 5.28. The van der Waals surface area contributed by atoms with Crippen LogP contribution in [-0.4, -0.2) is 58.9 Å². The Labute approximate surface area is 184 Å². The molecule has 5 rings (SSSR count). The summed E-state index contributed by atoms with van der Waals surface area (Å²) in [6.07, 6.45) is 3.23. The molecule has 0 bridgehead atoms. The number of piperazine rings is 1. The van der Waals surface area contributed by atoms with Crippen LogP contribution in [0.25, 0.3) is 11.0 Å². The summed E-state index contributed by atoms with van der Waals surface area (Å²) in [6, 6.07) is 13.7. The third-order valence-electron chi connectivity index (χ3n) is 5.78. The Hall–Kier alpha value is -3.78. The number of ketones is 1. The van der Waals surface area contributed by atoms with Crippen molar-refractivity contribution in [2.45, 2.75) is 0 Å². The molecule has 0 spiro atoms. The van der Waals surface area contributed by atoms with Gasteiger partial charge in [0.1, 0.15) is 11.5 Å². The van der Waals surface area contributed by atoms with Crippen LogP contribution < -0.4 is 10.2 Å². The van der Waals surface area contributed by atoms with Crippen molar-refractivity contribution in [2.75, 3.05) is 43.4 Å². The van der Waals surface area contributed by atoms with Gasteiger partial charge in [-0.25, -0.2) is 9.37 Å². The van der Waals surface area contributed by atoms with Gasteiger partial charge in [0.15, 0.2) is 5.78 Å². The Morgan fingerprint density at radius 1 is 1.03 bits per heavy atom. The minimum absolute atomic E-state index is 0.208. The van der Waals surface area contributed by atoms with Crippen LogP contribution in [-0.2, 0) is 0 Å². The summed E-state index contributed by atoms with van der Waals surface area (Å²) < 4.78 is 13.2. The van der Waals surface area contributed by atoms with Crippen LogP contribution in [0.2, 0.25) is 0 Å². The number of H-pyrrole nitrogens is 1. The second-order valence-electron chi connectivity index (χ2n) is 7.96. The molecule has 1 aliphatic heterocycles. The van der Waals surface area contributed by atoms with Gasteiger partial charge in [-0.3, -0.25) is 4.79 Å². The van der Waals surface area contributed by atoms with Crippen LogP contribution in [0.15, 0.2) is 60.9 Å². The van der Waals surface area contributed by atoms with Crippen LogP contribution in [0.3, 0.4) is 0 Å². The third kappa shape index (κ3) is 4.04. The zero-order valence-electron chi connectivity index (χ0n) is 17.7. The number of carbonyl (C=O) groups is 1. The summed E-state index contributed by atoms with van der Waals surface area (Å²) >= 11 is 0. The monoisotopic (exact) mass is 430 g/mol. The lowest BCUT2D eigenvalue weighted by molar-refractivity contribution is 0.104. The Morgan fingerprint density at radius 2 is 1.75 bits per heavy atom. The van der Waals surface area contributed by atoms with Gasteiger partial charge in [-0.1, -0.05) is 0 Å². The van der Waals surface area contributed by atoms with Gasteiger partial charge in [-0.2, -0.15) is 4.98 Å². The van der Waals surface area contributed by atoms with Crippen LogP contribution >= 0.6 is 0 Å². The molecule has 0 unspecified atom stereocenters. The van der Waals surface area contributed by atoms with E-state index in [1.165, 1.54) is 30.0 Å². The number of hydrogen-bond donors (Lipinski definition) is 2. The maximum Gasteiger partial charge on any atom is 0.229 e. The largest absolute Gasteiger partial charge is 0.369 e. The van der Waals surface area contributed by atoms with Crippen molar-refractivity contribution >= 4 is 34.1 Å². The Morgan fingerprint density at radius 3 is 2.47 bits per heavy atom. The number of nitrogens with one attached hydrogen (secondary N) is 2. The molecule has 2 aromatic heterocycles. The number of likely N-dealkylation sites (N-methyl/N-ethyl adjacent to an activating group) is 1. The second-order valence-corrected chi connectivity index (χ2v) is 7.96. The van der Waals surface area contributed by atoms with Crippen molar-refractivity contribution in [3.05, 3.63) is 77.9 Å². The number of halogens is 1. The van der Waals surface area contributed by atoms with E-state index in [1.54, 1.807) is 12.4 Å². The van der Waals surface area contributed by atoms with Gasteiger partial charge in [0.25, 0.3) is 0 Å². The highest BCUT2D eigenvalue weighted by molar-refractivity contribution is 6.15.